The molecule has 0 saturated carbocycles. The molecule has 1 atom stereocenters. The summed E-state index contributed by atoms with van der Waals surface area (Å²) in [5.41, 5.74) is 3.42. The van der Waals surface area contributed by atoms with Gasteiger partial charge in [-0.2, -0.15) is 0 Å². The van der Waals surface area contributed by atoms with Crippen molar-refractivity contribution in [3.8, 4) is 0 Å². The molecule has 0 unspecified atom stereocenters. The van der Waals surface area contributed by atoms with E-state index in [2.05, 4.69) is 51.5 Å². The maximum atomic E-state index is 13.1. The molecular weight excluding hydrogens is 358 g/mol. The van der Waals surface area contributed by atoms with Gasteiger partial charge in [0.1, 0.15) is 0 Å². The number of benzene rings is 2. The zero-order valence-electron chi connectivity index (χ0n) is 17.4. The van der Waals surface area contributed by atoms with Crippen LogP contribution in [0.15, 0.2) is 54.6 Å². The maximum absolute atomic E-state index is 13.1. The van der Waals surface area contributed by atoms with Crippen molar-refractivity contribution >= 4 is 5.91 Å². The van der Waals surface area contributed by atoms with Crippen LogP contribution in [0, 0.1) is 0 Å². The van der Waals surface area contributed by atoms with Crippen molar-refractivity contribution < 1.29 is 4.79 Å². The lowest BCUT2D eigenvalue weighted by Gasteiger charge is -2.28. The van der Waals surface area contributed by atoms with Gasteiger partial charge in [0, 0.05) is 31.2 Å². The predicted molar refractivity (Wildman–Crippen MR) is 118 cm³/mol. The summed E-state index contributed by atoms with van der Waals surface area (Å²) >= 11 is 0. The smallest absolute Gasteiger partial charge is 0.254 e. The van der Waals surface area contributed by atoms with Gasteiger partial charge in [-0.1, -0.05) is 42.5 Å². The lowest BCUT2D eigenvalue weighted by atomic mass is 10.1. The molecule has 29 heavy (non-hydrogen) atoms. The number of likely N-dealkylation sites (tertiary alicyclic amines) is 2. The first-order chi connectivity index (χ1) is 14.3. The maximum Gasteiger partial charge on any atom is 0.254 e. The summed E-state index contributed by atoms with van der Waals surface area (Å²) in [5.74, 6) is 0.209. The molecule has 4 heteroatoms. The zero-order valence-corrected chi connectivity index (χ0v) is 17.4. The molecule has 0 bridgehead atoms. The Morgan fingerprint density at radius 3 is 2.41 bits per heavy atom. The van der Waals surface area contributed by atoms with Crippen LogP contribution in [0.25, 0.3) is 0 Å². The molecule has 0 aromatic heterocycles. The van der Waals surface area contributed by atoms with Crippen LogP contribution in [0.4, 0.5) is 0 Å². The van der Waals surface area contributed by atoms with Crippen LogP contribution in [0.2, 0.25) is 0 Å². The van der Waals surface area contributed by atoms with E-state index in [1.54, 1.807) is 0 Å². The lowest BCUT2D eigenvalue weighted by molar-refractivity contribution is 0.0709. The molecule has 0 aliphatic carbocycles. The minimum Gasteiger partial charge on any atom is -0.334 e. The third-order valence-electron chi connectivity index (χ3n) is 6.27. The summed E-state index contributed by atoms with van der Waals surface area (Å²) in [4.78, 5) is 17.7. The van der Waals surface area contributed by atoms with Gasteiger partial charge >= 0.3 is 0 Å². The highest BCUT2D eigenvalue weighted by atomic mass is 16.2. The van der Waals surface area contributed by atoms with Crippen LogP contribution in [-0.4, -0.2) is 54.5 Å². The second-order valence-electron chi connectivity index (χ2n) is 8.41. The first-order valence-electron chi connectivity index (χ1n) is 11.2. The molecule has 2 aromatic rings. The lowest BCUT2D eigenvalue weighted by Crippen LogP contribution is -2.42. The molecule has 2 aromatic carbocycles. The van der Waals surface area contributed by atoms with Crippen LogP contribution in [0.1, 0.15) is 47.2 Å². The summed E-state index contributed by atoms with van der Waals surface area (Å²) in [6.07, 6.45) is 5.87. The molecule has 154 valence electrons. The van der Waals surface area contributed by atoms with Crippen LogP contribution in [-0.2, 0) is 13.0 Å². The van der Waals surface area contributed by atoms with Gasteiger partial charge in [0.2, 0.25) is 0 Å². The van der Waals surface area contributed by atoms with E-state index >= 15 is 0 Å². The Kier molecular flexibility index (Phi) is 6.96. The van der Waals surface area contributed by atoms with Crippen LogP contribution in [0.3, 0.4) is 0 Å². The largest absolute Gasteiger partial charge is 0.334 e. The van der Waals surface area contributed by atoms with Crippen molar-refractivity contribution in [1.29, 1.82) is 0 Å². The monoisotopic (exact) mass is 391 g/mol. The summed E-state index contributed by atoms with van der Waals surface area (Å²) in [5, 5.41) is 3.49. The molecule has 1 amide bonds. The van der Waals surface area contributed by atoms with E-state index in [4.69, 9.17) is 0 Å². The van der Waals surface area contributed by atoms with Gasteiger partial charge in [0.25, 0.3) is 5.91 Å². The molecule has 4 nitrogen and oxygen atoms in total. The van der Waals surface area contributed by atoms with E-state index in [0.717, 1.165) is 51.0 Å². The molecule has 2 fully saturated rings. The number of carbonyl (C=O) groups is 1. The van der Waals surface area contributed by atoms with Gasteiger partial charge < -0.3 is 15.1 Å². The Bertz CT molecular complexity index is 768. The number of rotatable bonds is 8. The number of hydrogen-bond donors (Lipinski definition) is 1. The van der Waals surface area contributed by atoms with Crippen molar-refractivity contribution in [1.82, 2.24) is 15.1 Å². The van der Waals surface area contributed by atoms with E-state index in [0.29, 0.717) is 6.04 Å². The average Bonchev–Trinajstić information content (AvgIpc) is 3.44. The third-order valence-corrected chi connectivity index (χ3v) is 6.27. The summed E-state index contributed by atoms with van der Waals surface area (Å²) in [7, 11) is 0. The van der Waals surface area contributed by atoms with Crippen molar-refractivity contribution in [2.45, 2.75) is 44.7 Å². The van der Waals surface area contributed by atoms with Crippen molar-refractivity contribution in [3.05, 3.63) is 71.3 Å². The van der Waals surface area contributed by atoms with E-state index in [-0.39, 0.29) is 5.91 Å². The molecule has 0 spiro atoms. The second kappa shape index (κ2) is 10.0. The highest BCUT2D eigenvalue weighted by Crippen LogP contribution is 2.22. The Morgan fingerprint density at radius 1 is 0.897 bits per heavy atom. The molecule has 1 N–H and O–H groups in total. The fraction of sp³-hybridized carbons (Fsp3) is 0.480. The molecule has 2 heterocycles. The topological polar surface area (TPSA) is 35.6 Å². The summed E-state index contributed by atoms with van der Waals surface area (Å²) < 4.78 is 0. The Morgan fingerprint density at radius 2 is 1.66 bits per heavy atom. The SMILES string of the molecule is O=C(c1ccc(CCNCc2ccccc2)cc1)N1CCC[C@H]1CN1CCCC1. The number of amides is 1. The average molecular weight is 392 g/mol. The summed E-state index contributed by atoms with van der Waals surface area (Å²) in [6.45, 7) is 6.19. The number of hydrogen-bond acceptors (Lipinski definition) is 3. The minimum atomic E-state index is 0.209. The highest BCUT2D eigenvalue weighted by molar-refractivity contribution is 5.94. The highest BCUT2D eigenvalue weighted by Gasteiger charge is 2.31. The number of carbonyl (C=O) groups excluding carboxylic acids is 1. The van der Waals surface area contributed by atoms with E-state index < -0.39 is 0 Å². The van der Waals surface area contributed by atoms with Crippen molar-refractivity contribution in [2.24, 2.45) is 0 Å². The van der Waals surface area contributed by atoms with E-state index in [9.17, 15) is 4.79 Å². The molecule has 0 radical (unpaired) electrons. The predicted octanol–water partition coefficient (Wildman–Crippen LogP) is 3.72. The van der Waals surface area contributed by atoms with Crippen LogP contribution >= 0.6 is 0 Å². The van der Waals surface area contributed by atoms with Gasteiger partial charge in [0.15, 0.2) is 0 Å². The Balaban J connectivity index is 1.26. The van der Waals surface area contributed by atoms with Crippen molar-refractivity contribution in [2.75, 3.05) is 32.7 Å². The molecule has 4 rings (SSSR count). The first kappa shape index (κ1) is 20.1. The first-order valence-corrected chi connectivity index (χ1v) is 11.2. The molecule has 2 aliphatic rings. The second-order valence-corrected chi connectivity index (χ2v) is 8.41. The van der Waals surface area contributed by atoms with Crippen LogP contribution < -0.4 is 5.32 Å². The molecular formula is C25H33N3O. The zero-order chi connectivity index (χ0) is 19.9. The Hall–Kier alpha value is -2.17. The van der Waals surface area contributed by atoms with Crippen molar-refractivity contribution in [3.63, 3.8) is 0 Å². The molecule has 2 saturated heterocycles. The van der Waals surface area contributed by atoms with Gasteiger partial charge in [-0.05, 0) is 75.0 Å². The van der Waals surface area contributed by atoms with Gasteiger partial charge in [-0.25, -0.2) is 0 Å². The normalized spacial score (nSPS) is 19.7. The quantitative estimate of drug-likeness (QED) is 0.697. The van der Waals surface area contributed by atoms with Gasteiger partial charge in [-0.3, -0.25) is 4.79 Å². The molecule has 2 aliphatic heterocycles. The fourth-order valence-corrected chi connectivity index (χ4v) is 4.60. The number of nitrogens with one attached hydrogen (secondary N) is 1. The van der Waals surface area contributed by atoms with Gasteiger partial charge in [0.05, 0.1) is 0 Å². The number of nitrogens with zero attached hydrogens (tertiary/aromatic N) is 2. The standard InChI is InChI=1S/C25H33N3O/c29-25(28-18-6-9-24(28)20-27-16-4-5-17-27)23-12-10-21(11-13-23)14-15-26-19-22-7-2-1-3-8-22/h1-3,7-8,10-13,24,26H,4-6,9,14-20H2/t24-/m0/s1. The van der Waals surface area contributed by atoms with Gasteiger partial charge in [-0.15, -0.1) is 0 Å². The summed E-state index contributed by atoms with van der Waals surface area (Å²) in [6, 6.07) is 19.1. The Labute approximate surface area is 174 Å². The van der Waals surface area contributed by atoms with Crippen LogP contribution in [0.5, 0.6) is 0 Å². The van der Waals surface area contributed by atoms with E-state index in [1.165, 1.54) is 37.1 Å². The minimum absolute atomic E-state index is 0.209. The fourth-order valence-electron chi connectivity index (χ4n) is 4.60. The third kappa shape index (κ3) is 5.46. The van der Waals surface area contributed by atoms with E-state index in [1.807, 2.05) is 18.2 Å².